The van der Waals surface area contributed by atoms with E-state index in [1.54, 1.807) is 11.8 Å². The first-order chi connectivity index (χ1) is 13.0. The summed E-state index contributed by atoms with van der Waals surface area (Å²) < 4.78 is 4.93. The SMILES string of the molecule is C[C@@H](Nc1cccc(CN2CCOC2=O)c1)C(=O)NC(=O)NC1CCCC1. The molecule has 2 fully saturated rings. The average Bonchev–Trinajstić information content (AvgIpc) is 3.27. The van der Waals surface area contributed by atoms with Crippen molar-refractivity contribution in [2.24, 2.45) is 0 Å². The van der Waals surface area contributed by atoms with Crippen molar-refractivity contribution in [1.29, 1.82) is 0 Å². The van der Waals surface area contributed by atoms with Gasteiger partial charge < -0.3 is 20.3 Å². The van der Waals surface area contributed by atoms with E-state index in [-0.39, 0.29) is 18.0 Å². The number of carbonyl (C=O) groups is 3. The van der Waals surface area contributed by atoms with E-state index in [0.29, 0.717) is 19.7 Å². The molecule has 1 aromatic carbocycles. The van der Waals surface area contributed by atoms with Crippen LogP contribution < -0.4 is 16.0 Å². The van der Waals surface area contributed by atoms with Crippen LogP contribution in [0.1, 0.15) is 38.2 Å². The van der Waals surface area contributed by atoms with Gasteiger partial charge in [0.25, 0.3) is 0 Å². The van der Waals surface area contributed by atoms with Gasteiger partial charge in [0.05, 0.1) is 6.54 Å². The second-order valence-corrected chi connectivity index (χ2v) is 7.05. The van der Waals surface area contributed by atoms with Crippen molar-refractivity contribution in [2.75, 3.05) is 18.5 Å². The normalized spacial score (nSPS) is 18.1. The lowest BCUT2D eigenvalue weighted by atomic mass is 10.1. The van der Waals surface area contributed by atoms with E-state index in [4.69, 9.17) is 4.74 Å². The highest BCUT2D eigenvalue weighted by atomic mass is 16.6. The maximum atomic E-state index is 12.2. The van der Waals surface area contributed by atoms with Gasteiger partial charge in [0.1, 0.15) is 12.6 Å². The van der Waals surface area contributed by atoms with E-state index in [9.17, 15) is 14.4 Å². The molecule has 146 valence electrons. The van der Waals surface area contributed by atoms with Crippen LogP contribution in [0.25, 0.3) is 0 Å². The van der Waals surface area contributed by atoms with Crippen molar-refractivity contribution in [1.82, 2.24) is 15.5 Å². The van der Waals surface area contributed by atoms with Gasteiger partial charge in [-0.1, -0.05) is 25.0 Å². The maximum absolute atomic E-state index is 12.2. The van der Waals surface area contributed by atoms with Crippen LogP contribution in [-0.4, -0.2) is 48.2 Å². The zero-order valence-corrected chi connectivity index (χ0v) is 15.5. The molecule has 27 heavy (non-hydrogen) atoms. The first kappa shape index (κ1) is 19.0. The minimum atomic E-state index is -0.577. The molecule has 3 N–H and O–H groups in total. The van der Waals surface area contributed by atoms with E-state index in [1.165, 1.54) is 0 Å². The topological polar surface area (TPSA) is 99.8 Å². The smallest absolute Gasteiger partial charge is 0.410 e. The van der Waals surface area contributed by atoms with Crippen molar-refractivity contribution in [3.8, 4) is 0 Å². The van der Waals surface area contributed by atoms with Gasteiger partial charge in [0, 0.05) is 18.3 Å². The van der Waals surface area contributed by atoms with Gasteiger partial charge >= 0.3 is 12.1 Å². The second kappa shape index (κ2) is 8.75. The van der Waals surface area contributed by atoms with Gasteiger partial charge in [0.15, 0.2) is 0 Å². The van der Waals surface area contributed by atoms with E-state index < -0.39 is 12.1 Å². The molecule has 0 unspecified atom stereocenters. The summed E-state index contributed by atoms with van der Waals surface area (Å²) in [6, 6.07) is 6.64. The molecule has 1 saturated carbocycles. The van der Waals surface area contributed by atoms with Gasteiger partial charge in [-0.05, 0) is 37.5 Å². The van der Waals surface area contributed by atoms with Crippen LogP contribution in [0.5, 0.6) is 0 Å². The first-order valence-electron chi connectivity index (χ1n) is 9.40. The van der Waals surface area contributed by atoms with Gasteiger partial charge in [-0.25, -0.2) is 9.59 Å². The molecule has 1 saturated heterocycles. The largest absolute Gasteiger partial charge is 0.448 e. The Labute approximate surface area is 158 Å². The van der Waals surface area contributed by atoms with Gasteiger partial charge in [-0.15, -0.1) is 0 Å². The summed E-state index contributed by atoms with van der Waals surface area (Å²) in [5.41, 5.74) is 1.68. The third-order valence-electron chi connectivity index (χ3n) is 4.85. The number of nitrogens with one attached hydrogen (secondary N) is 3. The highest BCUT2D eigenvalue weighted by molar-refractivity contribution is 5.98. The molecule has 1 aromatic rings. The molecule has 2 aliphatic rings. The molecule has 0 bridgehead atoms. The molecule has 1 aliphatic heterocycles. The third-order valence-corrected chi connectivity index (χ3v) is 4.85. The molecule has 8 nitrogen and oxygen atoms in total. The predicted octanol–water partition coefficient (Wildman–Crippen LogP) is 2.21. The summed E-state index contributed by atoms with van der Waals surface area (Å²) in [6.07, 6.45) is 3.85. The molecule has 1 atom stereocenters. The van der Waals surface area contributed by atoms with E-state index in [2.05, 4.69) is 16.0 Å². The van der Waals surface area contributed by atoms with Gasteiger partial charge in [-0.2, -0.15) is 0 Å². The molecule has 1 heterocycles. The predicted molar refractivity (Wildman–Crippen MR) is 100 cm³/mol. The van der Waals surface area contributed by atoms with Crippen LogP contribution in [0, 0.1) is 0 Å². The fourth-order valence-electron chi connectivity index (χ4n) is 3.38. The first-order valence-corrected chi connectivity index (χ1v) is 9.40. The Bertz CT molecular complexity index is 703. The van der Waals surface area contributed by atoms with Crippen LogP contribution in [0.3, 0.4) is 0 Å². The lowest BCUT2D eigenvalue weighted by molar-refractivity contribution is -0.120. The van der Waals surface area contributed by atoms with Crippen LogP contribution >= 0.6 is 0 Å². The number of benzene rings is 1. The summed E-state index contributed by atoms with van der Waals surface area (Å²) in [5.74, 6) is -0.390. The van der Waals surface area contributed by atoms with Crippen LogP contribution in [0.4, 0.5) is 15.3 Å². The molecule has 0 aromatic heterocycles. The number of amides is 4. The number of anilines is 1. The standard InChI is InChI=1S/C19H26N4O4/c1-13(17(24)22-18(25)21-15-6-2-3-7-15)20-16-8-4-5-14(11-16)12-23-9-10-27-19(23)26/h4-5,8,11,13,15,20H,2-3,6-7,9-10,12H2,1H3,(H2,21,22,24,25)/t13-/m1/s1. The summed E-state index contributed by atoms with van der Waals surface area (Å²) in [5, 5.41) is 8.31. The Morgan fingerprint density at radius 2 is 2.07 bits per heavy atom. The monoisotopic (exact) mass is 374 g/mol. The Kier molecular flexibility index (Phi) is 6.16. The van der Waals surface area contributed by atoms with Crippen LogP contribution in [0.15, 0.2) is 24.3 Å². The van der Waals surface area contributed by atoms with E-state index >= 15 is 0 Å². The quantitative estimate of drug-likeness (QED) is 0.709. The van der Waals surface area contributed by atoms with Crippen molar-refractivity contribution in [2.45, 2.75) is 51.2 Å². The maximum Gasteiger partial charge on any atom is 0.410 e. The number of nitrogens with zero attached hydrogens (tertiary/aromatic N) is 1. The van der Waals surface area contributed by atoms with Crippen LogP contribution in [-0.2, 0) is 16.1 Å². The minimum absolute atomic E-state index is 0.162. The second-order valence-electron chi connectivity index (χ2n) is 7.05. The van der Waals surface area contributed by atoms with Crippen molar-refractivity contribution in [3.63, 3.8) is 0 Å². The number of urea groups is 1. The molecule has 1 aliphatic carbocycles. The van der Waals surface area contributed by atoms with Crippen molar-refractivity contribution < 1.29 is 19.1 Å². The highest BCUT2D eigenvalue weighted by Crippen LogP contribution is 2.18. The Balaban J connectivity index is 1.49. The minimum Gasteiger partial charge on any atom is -0.448 e. The fourth-order valence-corrected chi connectivity index (χ4v) is 3.38. The summed E-state index contributed by atoms with van der Waals surface area (Å²) in [7, 11) is 0. The van der Waals surface area contributed by atoms with Crippen molar-refractivity contribution in [3.05, 3.63) is 29.8 Å². The average molecular weight is 374 g/mol. The number of ether oxygens (including phenoxy) is 1. The molecular weight excluding hydrogens is 348 g/mol. The lowest BCUT2D eigenvalue weighted by Gasteiger charge is -2.18. The summed E-state index contributed by atoms with van der Waals surface area (Å²) in [4.78, 5) is 37.3. The van der Waals surface area contributed by atoms with Gasteiger partial charge in [-0.3, -0.25) is 10.1 Å². The number of rotatable bonds is 6. The molecule has 0 radical (unpaired) electrons. The zero-order chi connectivity index (χ0) is 19.2. The zero-order valence-electron chi connectivity index (χ0n) is 15.5. The number of cyclic esters (lactones) is 1. The summed E-state index contributed by atoms with van der Waals surface area (Å²) >= 11 is 0. The van der Waals surface area contributed by atoms with Crippen molar-refractivity contribution >= 4 is 23.7 Å². The Morgan fingerprint density at radius 1 is 1.30 bits per heavy atom. The number of hydrogen-bond donors (Lipinski definition) is 3. The molecular formula is C19H26N4O4. The molecule has 3 rings (SSSR count). The lowest BCUT2D eigenvalue weighted by Crippen LogP contribution is -2.48. The number of carbonyl (C=O) groups excluding carboxylic acids is 3. The number of hydrogen-bond acceptors (Lipinski definition) is 5. The molecule has 4 amide bonds. The van der Waals surface area contributed by atoms with E-state index in [1.807, 2.05) is 24.3 Å². The molecule has 0 spiro atoms. The van der Waals surface area contributed by atoms with Gasteiger partial charge in [0.2, 0.25) is 5.91 Å². The summed E-state index contributed by atoms with van der Waals surface area (Å²) in [6.45, 7) is 3.14. The Hall–Kier alpha value is -2.77. The van der Waals surface area contributed by atoms with Crippen LogP contribution in [0.2, 0.25) is 0 Å². The number of imide groups is 1. The fraction of sp³-hybridized carbons (Fsp3) is 0.526. The highest BCUT2D eigenvalue weighted by Gasteiger charge is 2.22. The third kappa shape index (κ3) is 5.35. The van der Waals surface area contributed by atoms with E-state index in [0.717, 1.165) is 36.9 Å². The molecule has 8 heteroatoms. The Morgan fingerprint density at radius 3 is 2.78 bits per heavy atom.